The van der Waals surface area contributed by atoms with Crippen molar-refractivity contribution in [3.63, 3.8) is 0 Å². The molecule has 152 valence electrons. The standard InChI is InChI=1S/C12H14O3.C12H12O2/c1-3-9(13)7-12(15)10-6-8(2)4-5-11(10)14;1-9(13)12(10(2)14)8-11-6-4-3-5-7-11/h4-6,14H,3,7H2,1-2H3;3-8H,1-2H3. The lowest BCUT2D eigenvalue weighted by Crippen LogP contribution is -2.07. The van der Waals surface area contributed by atoms with E-state index >= 15 is 0 Å². The number of phenols is 1. The van der Waals surface area contributed by atoms with Gasteiger partial charge in [0.2, 0.25) is 0 Å². The molecule has 5 heteroatoms. The number of ketones is 4. The highest BCUT2D eigenvalue weighted by Crippen LogP contribution is 2.20. The molecule has 2 aromatic carbocycles. The van der Waals surface area contributed by atoms with E-state index in [0.717, 1.165) is 11.1 Å². The van der Waals surface area contributed by atoms with Crippen LogP contribution in [-0.4, -0.2) is 28.2 Å². The van der Waals surface area contributed by atoms with E-state index in [1.54, 1.807) is 25.1 Å². The number of carbonyl (C=O) groups is 4. The summed E-state index contributed by atoms with van der Waals surface area (Å²) in [6.07, 6.45) is 1.83. The van der Waals surface area contributed by atoms with Crippen LogP contribution in [0.2, 0.25) is 0 Å². The predicted molar refractivity (Wildman–Crippen MR) is 113 cm³/mol. The van der Waals surface area contributed by atoms with Gasteiger partial charge in [0.05, 0.1) is 17.6 Å². The molecule has 0 aliphatic rings. The number of rotatable bonds is 7. The summed E-state index contributed by atoms with van der Waals surface area (Å²) in [5.41, 5.74) is 2.24. The van der Waals surface area contributed by atoms with Gasteiger partial charge in [-0.1, -0.05) is 48.9 Å². The molecule has 2 rings (SSSR count). The van der Waals surface area contributed by atoms with Gasteiger partial charge in [0.15, 0.2) is 17.3 Å². The zero-order valence-corrected chi connectivity index (χ0v) is 17.2. The summed E-state index contributed by atoms with van der Waals surface area (Å²) in [5, 5.41) is 9.46. The Morgan fingerprint density at radius 1 is 0.931 bits per heavy atom. The molecule has 5 nitrogen and oxygen atoms in total. The quantitative estimate of drug-likeness (QED) is 0.323. The molecule has 0 aliphatic carbocycles. The fraction of sp³-hybridized carbons (Fsp3) is 0.250. The minimum atomic E-state index is -0.317. The van der Waals surface area contributed by atoms with Crippen LogP contribution in [-0.2, 0) is 14.4 Å². The highest BCUT2D eigenvalue weighted by molar-refractivity contribution is 6.21. The van der Waals surface area contributed by atoms with Crippen LogP contribution in [0.5, 0.6) is 5.75 Å². The first kappa shape index (κ1) is 23.7. The van der Waals surface area contributed by atoms with E-state index in [9.17, 15) is 24.3 Å². The topological polar surface area (TPSA) is 88.5 Å². The second-order valence-corrected chi connectivity index (χ2v) is 6.59. The Kier molecular flexibility index (Phi) is 9.39. The molecule has 0 bridgehead atoms. The van der Waals surface area contributed by atoms with E-state index in [-0.39, 0.29) is 46.4 Å². The third-order valence-corrected chi connectivity index (χ3v) is 4.07. The lowest BCUT2D eigenvalue weighted by atomic mass is 10.0. The van der Waals surface area contributed by atoms with E-state index in [2.05, 4.69) is 0 Å². The van der Waals surface area contributed by atoms with Gasteiger partial charge < -0.3 is 5.11 Å². The van der Waals surface area contributed by atoms with Crippen molar-refractivity contribution in [2.75, 3.05) is 0 Å². The number of aromatic hydroxyl groups is 1. The van der Waals surface area contributed by atoms with Crippen molar-refractivity contribution in [3.05, 3.63) is 70.8 Å². The van der Waals surface area contributed by atoms with E-state index < -0.39 is 0 Å². The molecule has 1 N–H and O–H groups in total. The summed E-state index contributed by atoms with van der Waals surface area (Å²) in [7, 11) is 0. The van der Waals surface area contributed by atoms with Crippen molar-refractivity contribution >= 4 is 29.2 Å². The van der Waals surface area contributed by atoms with Gasteiger partial charge in [0.1, 0.15) is 11.5 Å². The Morgan fingerprint density at radius 3 is 2.03 bits per heavy atom. The molecule has 0 unspecified atom stereocenters. The van der Waals surface area contributed by atoms with Crippen molar-refractivity contribution in [1.82, 2.24) is 0 Å². The maximum absolute atomic E-state index is 11.6. The van der Waals surface area contributed by atoms with Gasteiger partial charge in [0.25, 0.3) is 0 Å². The Labute approximate surface area is 171 Å². The molecule has 0 radical (unpaired) electrons. The summed E-state index contributed by atoms with van der Waals surface area (Å²) < 4.78 is 0. The number of benzene rings is 2. The molecule has 0 saturated carbocycles. The lowest BCUT2D eigenvalue weighted by molar-refractivity contribution is -0.119. The molecule has 0 fully saturated rings. The number of Topliss-reactive ketones (excluding diaryl/α,β-unsaturated/α-hetero) is 4. The smallest absolute Gasteiger partial charge is 0.173 e. The van der Waals surface area contributed by atoms with E-state index in [4.69, 9.17) is 0 Å². The molecule has 0 atom stereocenters. The van der Waals surface area contributed by atoms with Crippen LogP contribution in [0.3, 0.4) is 0 Å². The molecule has 0 amide bonds. The number of hydrogen-bond donors (Lipinski definition) is 1. The molecule has 0 spiro atoms. The normalized spacial score (nSPS) is 9.66. The molecule has 29 heavy (non-hydrogen) atoms. The number of aryl methyl sites for hydroxylation is 1. The van der Waals surface area contributed by atoms with Crippen LogP contribution < -0.4 is 0 Å². The predicted octanol–water partition coefficient (Wildman–Crippen LogP) is 4.50. The fourth-order valence-electron chi connectivity index (χ4n) is 2.44. The summed E-state index contributed by atoms with van der Waals surface area (Å²) in [4.78, 5) is 44.9. The van der Waals surface area contributed by atoms with Gasteiger partial charge in [0, 0.05) is 6.42 Å². The van der Waals surface area contributed by atoms with E-state index in [1.165, 1.54) is 19.9 Å². The summed E-state index contributed by atoms with van der Waals surface area (Å²) in [5.74, 6) is -0.874. The van der Waals surface area contributed by atoms with Crippen LogP contribution in [0.1, 0.15) is 55.1 Å². The summed E-state index contributed by atoms with van der Waals surface area (Å²) in [6.45, 7) is 6.34. The maximum atomic E-state index is 11.6. The van der Waals surface area contributed by atoms with Gasteiger partial charge in [-0.05, 0) is 44.5 Å². The largest absolute Gasteiger partial charge is 0.507 e. The zero-order valence-electron chi connectivity index (χ0n) is 17.2. The van der Waals surface area contributed by atoms with Crippen LogP contribution in [0.4, 0.5) is 0 Å². The van der Waals surface area contributed by atoms with Gasteiger partial charge in [-0.15, -0.1) is 0 Å². The second kappa shape index (κ2) is 11.5. The first-order valence-electron chi connectivity index (χ1n) is 9.28. The third kappa shape index (κ3) is 8.05. The summed E-state index contributed by atoms with van der Waals surface area (Å²) >= 11 is 0. The van der Waals surface area contributed by atoms with Crippen molar-refractivity contribution < 1.29 is 24.3 Å². The molecular formula is C24H26O5. The Morgan fingerprint density at radius 2 is 1.52 bits per heavy atom. The number of allylic oxidation sites excluding steroid dienone is 1. The Hall–Kier alpha value is -3.34. The van der Waals surface area contributed by atoms with Crippen molar-refractivity contribution in [2.45, 2.75) is 40.5 Å². The average Bonchev–Trinajstić information content (AvgIpc) is 2.68. The number of hydrogen-bond acceptors (Lipinski definition) is 5. The number of phenolic OH excluding ortho intramolecular Hbond substituents is 1. The third-order valence-electron chi connectivity index (χ3n) is 4.07. The first-order chi connectivity index (χ1) is 13.6. The monoisotopic (exact) mass is 394 g/mol. The van der Waals surface area contributed by atoms with Gasteiger partial charge >= 0.3 is 0 Å². The molecule has 0 aliphatic heterocycles. The van der Waals surface area contributed by atoms with E-state index in [0.29, 0.717) is 6.42 Å². The molecule has 2 aromatic rings. The molecule has 0 heterocycles. The van der Waals surface area contributed by atoms with Gasteiger partial charge in [-0.2, -0.15) is 0 Å². The summed E-state index contributed by atoms with van der Waals surface area (Å²) in [6, 6.07) is 14.1. The maximum Gasteiger partial charge on any atom is 0.173 e. The SMILES string of the molecule is CC(=O)C(=Cc1ccccc1)C(C)=O.CCC(=O)CC(=O)c1cc(C)ccc1O. The lowest BCUT2D eigenvalue weighted by Gasteiger charge is -2.03. The van der Waals surface area contributed by atoms with Crippen molar-refractivity contribution in [1.29, 1.82) is 0 Å². The molecule has 0 saturated heterocycles. The van der Waals surface area contributed by atoms with Gasteiger partial charge in [-0.25, -0.2) is 0 Å². The Bertz CT molecular complexity index is 908. The van der Waals surface area contributed by atoms with Crippen molar-refractivity contribution in [3.8, 4) is 5.75 Å². The van der Waals surface area contributed by atoms with Crippen molar-refractivity contribution in [2.24, 2.45) is 0 Å². The second-order valence-electron chi connectivity index (χ2n) is 6.59. The highest BCUT2D eigenvalue weighted by atomic mass is 16.3. The fourth-order valence-corrected chi connectivity index (χ4v) is 2.44. The highest BCUT2D eigenvalue weighted by Gasteiger charge is 2.14. The van der Waals surface area contributed by atoms with Crippen LogP contribution >= 0.6 is 0 Å². The Balaban J connectivity index is 0.000000291. The van der Waals surface area contributed by atoms with E-state index in [1.807, 2.05) is 37.3 Å². The zero-order chi connectivity index (χ0) is 22.0. The minimum Gasteiger partial charge on any atom is -0.507 e. The van der Waals surface area contributed by atoms with Crippen LogP contribution in [0, 0.1) is 6.92 Å². The van der Waals surface area contributed by atoms with Crippen LogP contribution in [0.25, 0.3) is 6.08 Å². The molecule has 0 aromatic heterocycles. The first-order valence-corrected chi connectivity index (χ1v) is 9.28. The van der Waals surface area contributed by atoms with Gasteiger partial charge in [-0.3, -0.25) is 19.2 Å². The number of carbonyl (C=O) groups excluding carboxylic acids is 4. The average molecular weight is 394 g/mol. The minimum absolute atomic E-state index is 0.0606. The molecular weight excluding hydrogens is 368 g/mol. The van der Waals surface area contributed by atoms with Crippen LogP contribution in [0.15, 0.2) is 54.1 Å².